The Morgan fingerprint density at radius 3 is 1.88 bits per heavy atom. The van der Waals surface area contributed by atoms with Crippen LogP contribution in [-0.4, -0.2) is 11.8 Å². The molecule has 0 bridgehead atoms. The number of carbonyl (C=O) groups excluding carboxylic acids is 2. The lowest BCUT2D eigenvalue weighted by atomic mass is 10.00. The second-order valence-corrected chi connectivity index (χ2v) is 5.70. The molecule has 0 radical (unpaired) electrons. The number of hydrogen-bond donors (Lipinski definition) is 0. The van der Waals surface area contributed by atoms with Crippen molar-refractivity contribution in [2.24, 2.45) is 0 Å². The largest absolute Gasteiger partial charge is 0.446 e. The number of carbonyl (C=O) groups is 2. The van der Waals surface area contributed by atoms with Gasteiger partial charge in [-0.2, -0.15) is 0 Å². The van der Waals surface area contributed by atoms with Crippen molar-refractivity contribution in [3.8, 4) is 0 Å². The Hall–Kier alpha value is -3.46. The number of ketones is 1. The highest BCUT2D eigenvalue weighted by molar-refractivity contribution is 6.01. The summed E-state index contributed by atoms with van der Waals surface area (Å²) in [7, 11) is 0. The molecule has 0 aliphatic carbocycles. The summed E-state index contributed by atoms with van der Waals surface area (Å²) in [6, 6.07) is 27.3. The van der Waals surface area contributed by atoms with E-state index in [4.69, 9.17) is 4.74 Å². The first kappa shape index (κ1) is 17.4. The van der Waals surface area contributed by atoms with Gasteiger partial charge < -0.3 is 4.74 Å². The molecule has 0 aliphatic rings. The van der Waals surface area contributed by atoms with Gasteiger partial charge in [0.15, 0.2) is 6.10 Å². The number of ether oxygens (including phenoxy) is 1. The molecule has 3 rings (SSSR count). The van der Waals surface area contributed by atoms with E-state index >= 15 is 0 Å². The van der Waals surface area contributed by atoms with Gasteiger partial charge in [-0.3, -0.25) is 4.79 Å². The predicted molar refractivity (Wildman–Crippen MR) is 102 cm³/mol. The van der Waals surface area contributed by atoms with Crippen LogP contribution in [0.3, 0.4) is 0 Å². The summed E-state index contributed by atoms with van der Waals surface area (Å²) in [6.07, 6.45) is 2.02. The van der Waals surface area contributed by atoms with Crippen molar-refractivity contribution < 1.29 is 14.3 Å². The van der Waals surface area contributed by atoms with E-state index < -0.39 is 12.1 Å². The van der Waals surface area contributed by atoms with Crippen LogP contribution in [0.5, 0.6) is 0 Å². The van der Waals surface area contributed by atoms with Crippen LogP contribution in [-0.2, 0) is 9.53 Å². The summed E-state index contributed by atoms with van der Waals surface area (Å²) in [5.74, 6) is -0.815. The summed E-state index contributed by atoms with van der Waals surface area (Å²) in [5.41, 5.74) is 2.03. The lowest BCUT2D eigenvalue weighted by Gasteiger charge is -2.16. The lowest BCUT2D eigenvalue weighted by Crippen LogP contribution is -2.19. The molecule has 1 unspecified atom stereocenters. The van der Waals surface area contributed by atoms with Gasteiger partial charge in [0.2, 0.25) is 5.78 Å². The summed E-state index contributed by atoms with van der Waals surface area (Å²) < 4.78 is 5.50. The Morgan fingerprint density at radius 2 is 1.27 bits per heavy atom. The minimum absolute atomic E-state index is 0.252. The van der Waals surface area contributed by atoms with Gasteiger partial charge in [0.1, 0.15) is 0 Å². The quantitative estimate of drug-likeness (QED) is 0.365. The predicted octanol–water partition coefficient (Wildman–Crippen LogP) is 4.87. The zero-order valence-corrected chi connectivity index (χ0v) is 14.1. The van der Waals surface area contributed by atoms with Crippen molar-refractivity contribution in [2.45, 2.75) is 6.10 Å². The minimum Gasteiger partial charge on any atom is -0.446 e. The van der Waals surface area contributed by atoms with Crippen molar-refractivity contribution >= 4 is 17.8 Å². The maximum Gasteiger partial charge on any atom is 0.331 e. The molecule has 0 saturated carbocycles. The molecule has 0 saturated heterocycles. The third kappa shape index (κ3) is 4.54. The molecule has 26 heavy (non-hydrogen) atoms. The SMILES string of the molecule is O=C(C=Cc1ccccc1)OC(C(=O)c1ccccc1)c1ccccc1. The van der Waals surface area contributed by atoms with Crippen molar-refractivity contribution in [2.75, 3.05) is 0 Å². The van der Waals surface area contributed by atoms with E-state index in [1.54, 1.807) is 42.5 Å². The molecule has 3 aromatic rings. The van der Waals surface area contributed by atoms with Crippen molar-refractivity contribution in [1.29, 1.82) is 0 Å². The van der Waals surface area contributed by atoms with E-state index in [2.05, 4.69) is 0 Å². The van der Waals surface area contributed by atoms with Crippen LogP contribution in [0.2, 0.25) is 0 Å². The molecule has 0 amide bonds. The first-order valence-corrected chi connectivity index (χ1v) is 8.32. The standard InChI is InChI=1S/C23H18O3/c24-21(17-16-18-10-4-1-5-11-18)26-23(20-14-8-3-9-15-20)22(25)19-12-6-2-7-13-19/h1-17,23H. The molecule has 3 heteroatoms. The number of Topliss-reactive ketones (excluding diaryl/α,β-unsaturated/α-hetero) is 1. The second kappa shape index (κ2) is 8.58. The normalized spacial score (nSPS) is 11.8. The molecule has 3 aromatic carbocycles. The van der Waals surface area contributed by atoms with Crippen LogP contribution in [0.15, 0.2) is 97.1 Å². The lowest BCUT2D eigenvalue weighted by molar-refractivity contribution is -0.141. The Morgan fingerprint density at radius 1 is 0.731 bits per heavy atom. The molecule has 128 valence electrons. The average Bonchev–Trinajstić information content (AvgIpc) is 2.72. The number of esters is 1. The fourth-order valence-electron chi connectivity index (χ4n) is 2.54. The maximum absolute atomic E-state index is 12.9. The first-order valence-electron chi connectivity index (χ1n) is 8.32. The fourth-order valence-corrected chi connectivity index (χ4v) is 2.54. The molecule has 3 nitrogen and oxygen atoms in total. The molecule has 0 aromatic heterocycles. The number of hydrogen-bond acceptors (Lipinski definition) is 3. The van der Waals surface area contributed by atoms with Gasteiger partial charge in [-0.1, -0.05) is 91.0 Å². The minimum atomic E-state index is -0.980. The Labute approximate surface area is 152 Å². The highest BCUT2D eigenvalue weighted by Gasteiger charge is 2.25. The van der Waals surface area contributed by atoms with Crippen LogP contribution >= 0.6 is 0 Å². The molecular formula is C23H18O3. The maximum atomic E-state index is 12.9. The fraction of sp³-hybridized carbons (Fsp3) is 0.0435. The Balaban J connectivity index is 1.81. The van der Waals surface area contributed by atoms with Gasteiger partial charge in [-0.25, -0.2) is 4.79 Å². The third-order valence-electron chi connectivity index (χ3n) is 3.84. The van der Waals surface area contributed by atoms with Crippen LogP contribution in [0.4, 0.5) is 0 Å². The number of benzene rings is 3. The van der Waals surface area contributed by atoms with Crippen LogP contribution < -0.4 is 0 Å². The molecular weight excluding hydrogens is 324 g/mol. The molecule has 1 atom stereocenters. The van der Waals surface area contributed by atoms with Gasteiger partial charge in [-0.05, 0) is 11.6 Å². The topological polar surface area (TPSA) is 43.4 Å². The average molecular weight is 342 g/mol. The molecule has 0 spiro atoms. The van der Waals surface area contributed by atoms with Crippen LogP contribution in [0.25, 0.3) is 6.08 Å². The second-order valence-electron chi connectivity index (χ2n) is 5.70. The number of rotatable bonds is 6. The highest BCUT2D eigenvalue weighted by Crippen LogP contribution is 2.23. The van der Waals surface area contributed by atoms with E-state index in [1.165, 1.54) is 6.08 Å². The van der Waals surface area contributed by atoms with E-state index in [1.807, 2.05) is 54.6 Å². The van der Waals surface area contributed by atoms with E-state index in [0.29, 0.717) is 11.1 Å². The van der Waals surface area contributed by atoms with Gasteiger partial charge in [0, 0.05) is 17.2 Å². The third-order valence-corrected chi connectivity index (χ3v) is 3.84. The van der Waals surface area contributed by atoms with E-state index in [-0.39, 0.29) is 5.78 Å². The first-order chi connectivity index (χ1) is 12.7. The Bertz CT molecular complexity index is 885. The summed E-state index contributed by atoms with van der Waals surface area (Å²) in [6.45, 7) is 0. The molecule has 0 aliphatic heterocycles. The van der Waals surface area contributed by atoms with Gasteiger partial charge in [-0.15, -0.1) is 0 Å². The van der Waals surface area contributed by atoms with E-state index in [9.17, 15) is 9.59 Å². The summed E-state index contributed by atoms with van der Waals surface area (Å²) >= 11 is 0. The smallest absolute Gasteiger partial charge is 0.331 e. The molecule has 0 fully saturated rings. The van der Waals surface area contributed by atoms with E-state index in [0.717, 1.165) is 5.56 Å². The van der Waals surface area contributed by atoms with Crippen LogP contribution in [0.1, 0.15) is 27.6 Å². The zero-order chi connectivity index (χ0) is 18.2. The monoisotopic (exact) mass is 342 g/mol. The van der Waals surface area contributed by atoms with Gasteiger partial charge in [0.05, 0.1) is 0 Å². The summed E-state index contributed by atoms with van der Waals surface area (Å²) in [5, 5.41) is 0. The zero-order valence-electron chi connectivity index (χ0n) is 14.1. The highest BCUT2D eigenvalue weighted by atomic mass is 16.5. The van der Waals surface area contributed by atoms with Gasteiger partial charge in [0.25, 0.3) is 0 Å². The Kier molecular flexibility index (Phi) is 5.73. The van der Waals surface area contributed by atoms with Crippen LogP contribution in [0, 0.1) is 0 Å². The van der Waals surface area contributed by atoms with Crippen molar-refractivity contribution in [1.82, 2.24) is 0 Å². The van der Waals surface area contributed by atoms with Gasteiger partial charge >= 0.3 is 5.97 Å². The van der Waals surface area contributed by atoms with Crippen molar-refractivity contribution in [3.63, 3.8) is 0 Å². The molecule has 0 N–H and O–H groups in total. The molecule has 0 heterocycles. The summed E-state index contributed by atoms with van der Waals surface area (Å²) in [4.78, 5) is 25.1. The van der Waals surface area contributed by atoms with Crippen molar-refractivity contribution in [3.05, 3.63) is 114 Å².